The second-order valence-electron chi connectivity index (χ2n) is 0.378. The van der Waals surface area contributed by atoms with Gasteiger partial charge in [0.05, 0.1) is 0 Å². The van der Waals surface area contributed by atoms with Crippen LogP contribution in [0.4, 0.5) is 0 Å². The van der Waals surface area contributed by atoms with Crippen LogP contribution in [-0.4, -0.2) is 0 Å². The summed E-state index contributed by atoms with van der Waals surface area (Å²) in [7, 11) is -4.94. The summed E-state index contributed by atoms with van der Waals surface area (Å²) in [5, 5.41) is 0. The third-order valence-corrected chi connectivity index (χ3v) is 0. The van der Waals surface area contributed by atoms with Gasteiger partial charge in [-0.3, -0.25) is 0 Å². The summed E-state index contributed by atoms with van der Waals surface area (Å²) in [6.07, 6.45) is 0. The van der Waals surface area contributed by atoms with Crippen molar-refractivity contribution in [3.8, 4) is 0 Å². The van der Waals surface area contributed by atoms with Crippen molar-refractivity contribution in [3.63, 3.8) is 0 Å². The molecule has 0 saturated heterocycles. The molecule has 4 nitrogen and oxygen atoms in total. The number of rotatable bonds is 0. The zero-order valence-corrected chi connectivity index (χ0v) is 3.77. The summed E-state index contributed by atoms with van der Waals surface area (Å²) >= 11 is 0. The van der Waals surface area contributed by atoms with Crippen LogP contribution in [0.1, 0.15) is 0 Å². The minimum Gasteiger partial charge on any atom is -0.222 e. The second-order valence-corrected chi connectivity index (χ2v) is 1.13. The molecule has 0 amide bonds. The zero-order valence-electron chi connectivity index (χ0n) is 3.01. The maximum Gasteiger partial charge on any atom is 1.00 e. The Kier molecular flexibility index (Phi) is 4.65. The van der Waals surface area contributed by atoms with Crippen LogP contribution in [0.3, 0.4) is 0 Å². The van der Waals surface area contributed by atoms with Crippen molar-refractivity contribution in [2.75, 3.05) is 0 Å². The zero-order chi connectivity index (χ0) is 4.50. The first kappa shape index (κ1) is 9.87. The summed E-state index contributed by atoms with van der Waals surface area (Å²) in [5.74, 6) is 0. The van der Waals surface area contributed by atoms with E-state index in [2.05, 4.69) is 0 Å². The van der Waals surface area contributed by atoms with E-state index in [0.29, 0.717) is 0 Å². The van der Waals surface area contributed by atoms with Gasteiger partial charge in [-0.1, -0.05) is 0 Å². The predicted octanol–water partition coefficient (Wildman–Crippen LogP) is -7.75. The predicted molar refractivity (Wildman–Crippen MR) is 0 cm³/mol. The molecule has 0 aliphatic carbocycles. The van der Waals surface area contributed by atoms with Gasteiger partial charge in [0.1, 0.15) is 0 Å². The third kappa shape index (κ3) is 124. The normalized spacial score (nSPS) is 10.0. The van der Waals surface area contributed by atoms with Crippen molar-refractivity contribution in [2.45, 2.75) is 0 Å². The molecule has 6 heteroatoms. The van der Waals surface area contributed by atoms with E-state index in [-0.39, 0.29) is 18.9 Å². The minimum atomic E-state index is -4.94. The van der Waals surface area contributed by atoms with Gasteiger partial charge in [0.2, 0.25) is 0 Å². The van der Waals surface area contributed by atoms with Crippen LogP contribution in [0, 0.1) is 10.2 Å². The third-order valence-electron chi connectivity index (χ3n) is 0. The van der Waals surface area contributed by atoms with Crippen LogP contribution in [0.15, 0.2) is 0 Å². The fourth-order valence-electron chi connectivity index (χ4n) is 0. The largest absolute Gasteiger partial charge is 1.00 e. The molecule has 0 N–H and O–H groups in total. The average Bonchev–Trinajstić information content (AvgIpc) is 0.722. The van der Waals surface area contributed by atoms with Crippen LogP contribution >= 0.6 is 0 Å². The van der Waals surface area contributed by atoms with Gasteiger partial charge in [-0.2, -0.15) is 0 Å². The first-order chi connectivity index (χ1) is 2.00. The van der Waals surface area contributed by atoms with E-state index in [1.165, 1.54) is 0 Å². The van der Waals surface area contributed by atoms with E-state index < -0.39 is 10.2 Å². The van der Waals surface area contributed by atoms with Crippen molar-refractivity contribution in [2.24, 2.45) is 0 Å². The van der Waals surface area contributed by atoms with Gasteiger partial charge in [-0.05, 0) is 0 Å². The topological polar surface area (TPSA) is 92.2 Å². The van der Waals surface area contributed by atoms with Crippen molar-refractivity contribution in [1.29, 1.82) is 0 Å². The summed E-state index contributed by atoms with van der Waals surface area (Å²) in [6, 6.07) is 0. The van der Waals surface area contributed by atoms with Crippen LogP contribution in [-0.2, 0) is 0 Å². The van der Waals surface area contributed by atoms with Gasteiger partial charge in [0.25, 0.3) is 0 Å². The molecule has 0 aromatic carbocycles. The Labute approximate surface area is 48.3 Å². The quantitative estimate of drug-likeness (QED) is 0.286. The first-order valence-corrected chi connectivity index (χ1v) is 1.85. The smallest absolute Gasteiger partial charge is 0.222 e. The molecule has 6 heavy (non-hydrogen) atoms. The standard InChI is InChI=1S/ClHO4.Li/c2-1(3,4)5;/h(H,2,3,4,5);/q;+1/p-1/i;1-1. The molecular formula is ClLiO4. The minimum absolute atomic E-state index is 0. The van der Waals surface area contributed by atoms with Gasteiger partial charge in [0.15, 0.2) is 0 Å². The first-order valence-electron chi connectivity index (χ1n) is 0.617. The molecule has 0 spiro atoms. The Hall–Kier alpha value is 0.727. The van der Waals surface area contributed by atoms with Gasteiger partial charge < -0.3 is 0 Å². The van der Waals surface area contributed by atoms with Crippen LogP contribution in [0.2, 0.25) is 0 Å². The summed E-state index contributed by atoms with van der Waals surface area (Å²) in [4.78, 5) is 0. The molecule has 0 fully saturated rings. The Bertz CT molecular complexity index is 23.0. The fraction of sp³-hybridized carbons (Fsp3) is 0. The van der Waals surface area contributed by atoms with Crippen molar-refractivity contribution in [1.82, 2.24) is 0 Å². The molecule has 0 aromatic heterocycles. The molecule has 32 valence electrons. The van der Waals surface area contributed by atoms with E-state index >= 15 is 0 Å². The van der Waals surface area contributed by atoms with E-state index in [9.17, 15) is 0 Å². The van der Waals surface area contributed by atoms with Gasteiger partial charge in [0, 0.05) is 0 Å². The molecule has 0 aromatic rings. The molecule has 0 aliphatic heterocycles. The van der Waals surface area contributed by atoms with Crippen molar-refractivity contribution in [3.05, 3.63) is 0 Å². The Morgan fingerprint density at radius 2 is 0.833 bits per heavy atom. The van der Waals surface area contributed by atoms with Crippen LogP contribution < -0.4 is 37.5 Å². The molecule has 0 unspecified atom stereocenters. The van der Waals surface area contributed by atoms with Crippen molar-refractivity contribution < 1.29 is 47.7 Å². The molecule has 0 atom stereocenters. The number of hydrogen-bond acceptors (Lipinski definition) is 4. The molecule has 0 bridgehead atoms. The molecule has 0 aliphatic rings. The van der Waals surface area contributed by atoms with Crippen LogP contribution in [0.5, 0.6) is 0 Å². The van der Waals surface area contributed by atoms with Gasteiger partial charge >= 0.3 is 18.9 Å². The molecule has 0 rings (SSSR count). The summed E-state index contributed by atoms with van der Waals surface area (Å²) < 4.78 is 34.0. The second kappa shape index (κ2) is 2.83. The maximum absolute atomic E-state index is 8.49. The van der Waals surface area contributed by atoms with E-state index in [0.717, 1.165) is 0 Å². The van der Waals surface area contributed by atoms with E-state index in [1.807, 2.05) is 0 Å². The molecule has 0 saturated carbocycles. The van der Waals surface area contributed by atoms with E-state index in [1.54, 1.807) is 0 Å². The molecule has 0 radical (unpaired) electrons. The van der Waals surface area contributed by atoms with Crippen LogP contribution in [0.25, 0.3) is 0 Å². The average molecular weight is 105 g/mol. The number of hydrogen-bond donors (Lipinski definition) is 0. The van der Waals surface area contributed by atoms with Gasteiger partial charge in [-0.25, -0.2) is 18.6 Å². The number of halogens is 1. The Balaban J connectivity index is 0. The Morgan fingerprint density at radius 1 is 0.833 bits per heavy atom. The van der Waals surface area contributed by atoms with Crippen molar-refractivity contribution >= 4 is 0 Å². The summed E-state index contributed by atoms with van der Waals surface area (Å²) in [5.41, 5.74) is 0. The SMILES string of the molecule is [6Li+].[O-][Cl+3]([O-])([O-])[O-]. The fourth-order valence-corrected chi connectivity index (χ4v) is 0. The van der Waals surface area contributed by atoms with Gasteiger partial charge in [-0.15, -0.1) is 10.2 Å². The summed E-state index contributed by atoms with van der Waals surface area (Å²) in [6.45, 7) is 0. The Morgan fingerprint density at radius 3 is 0.833 bits per heavy atom. The molecule has 0 heterocycles. The van der Waals surface area contributed by atoms with E-state index in [4.69, 9.17) is 18.6 Å². The molecular weight excluding hydrogens is 105 g/mol. The maximum atomic E-state index is 8.49. The monoisotopic (exact) mass is 105 g/mol.